The molecule has 0 saturated heterocycles. The number of halogens is 3. The number of carbonyl (C=O) groups excluding carboxylic acids is 1. The zero-order valence-corrected chi connectivity index (χ0v) is 9.71. The summed E-state index contributed by atoms with van der Waals surface area (Å²) in [5.74, 6) is -1.30. The predicted molar refractivity (Wildman–Crippen MR) is 59.3 cm³/mol. The molecule has 1 atom stereocenters. The second-order valence-electron chi connectivity index (χ2n) is 3.93. The number of benzene rings is 1. The predicted octanol–water partition coefficient (Wildman–Crippen LogP) is 3.09. The molecule has 0 N–H and O–H groups in total. The maximum atomic E-state index is 12.6. The number of rotatable bonds is 3. The molecule has 5 heteroatoms. The Kier molecular flexibility index (Phi) is 3.45. The van der Waals surface area contributed by atoms with Crippen LogP contribution in [0, 0.1) is 0 Å². The summed E-state index contributed by atoms with van der Waals surface area (Å²) >= 11 is 4.69. The van der Waals surface area contributed by atoms with Crippen molar-refractivity contribution in [2.45, 2.75) is 24.3 Å². The second-order valence-corrected chi connectivity index (χ2v) is 4.41. The third-order valence-electron chi connectivity index (χ3n) is 2.78. The van der Waals surface area contributed by atoms with Crippen LogP contribution in [0.4, 0.5) is 8.78 Å². The summed E-state index contributed by atoms with van der Waals surface area (Å²) in [5, 5.41) is -3.81. The monoisotopic (exact) mass is 260 g/mol. The molecule has 0 saturated carbocycles. The van der Waals surface area contributed by atoms with Crippen LogP contribution in [0.1, 0.15) is 23.7 Å². The molecule has 0 spiro atoms. The lowest BCUT2D eigenvalue weighted by Gasteiger charge is -2.26. The van der Waals surface area contributed by atoms with E-state index in [0.717, 1.165) is 17.5 Å². The van der Waals surface area contributed by atoms with Gasteiger partial charge in [0.25, 0.3) is 0 Å². The number of ketones is 1. The van der Waals surface area contributed by atoms with Gasteiger partial charge >= 0.3 is 5.38 Å². The molecule has 1 unspecified atom stereocenters. The first-order valence-electron chi connectivity index (χ1n) is 5.28. The van der Waals surface area contributed by atoms with E-state index in [1.165, 1.54) is 0 Å². The molecular formula is C12H11ClF2O2. The number of hydrogen-bond acceptors (Lipinski definition) is 2. The molecule has 0 aromatic heterocycles. The number of Topliss-reactive ketones (excluding diaryl/α,β-unsaturated/α-hetero) is 1. The van der Waals surface area contributed by atoms with Gasteiger partial charge in [0.05, 0.1) is 12.7 Å². The third-order valence-corrected chi connectivity index (χ3v) is 2.99. The van der Waals surface area contributed by atoms with Crippen molar-refractivity contribution in [1.29, 1.82) is 0 Å². The lowest BCUT2D eigenvalue weighted by molar-refractivity contribution is -0.136. The zero-order valence-electron chi connectivity index (χ0n) is 8.96. The molecule has 1 aliphatic rings. The van der Waals surface area contributed by atoms with E-state index in [1.54, 1.807) is 12.1 Å². The van der Waals surface area contributed by atoms with Gasteiger partial charge in [0.15, 0.2) is 0 Å². The Balaban J connectivity index is 2.17. The Hall–Kier alpha value is -1.00. The molecule has 0 radical (unpaired) electrons. The molecule has 17 heavy (non-hydrogen) atoms. The van der Waals surface area contributed by atoms with Gasteiger partial charge in [0.2, 0.25) is 5.78 Å². The van der Waals surface area contributed by atoms with Crippen LogP contribution in [0.2, 0.25) is 0 Å². The van der Waals surface area contributed by atoms with E-state index in [2.05, 4.69) is 0 Å². The number of carbonyl (C=O) groups is 1. The van der Waals surface area contributed by atoms with Gasteiger partial charge in [-0.2, -0.15) is 8.78 Å². The standard InChI is InChI=1S/C12H11ClF2O2/c13-12(14,15)11(16)7-10-9-4-2-1-3-8(9)5-6-17-10/h1-4,10H,5-7H2. The minimum Gasteiger partial charge on any atom is -0.373 e. The molecule has 0 bridgehead atoms. The van der Waals surface area contributed by atoms with Crippen LogP contribution in [-0.4, -0.2) is 17.8 Å². The highest BCUT2D eigenvalue weighted by Gasteiger charge is 2.38. The molecule has 1 aromatic carbocycles. The van der Waals surface area contributed by atoms with Crippen LogP contribution in [0.3, 0.4) is 0 Å². The molecule has 1 aromatic rings. The first kappa shape index (κ1) is 12.5. The molecule has 0 aliphatic carbocycles. The largest absolute Gasteiger partial charge is 0.380 e. The summed E-state index contributed by atoms with van der Waals surface area (Å²) in [4.78, 5) is 11.2. The molecule has 0 amide bonds. The topological polar surface area (TPSA) is 26.3 Å². The summed E-state index contributed by atoms with van der Waals surface area (Å²) in [7, 11) is 0. The van der Waals surface area contributed by atoms with E-state index in [9.17, 15) is 13.6 Å². The molecular weight excluding hydrogens is 250 g/mol. The lowest BCUT2D eigenvalue weighted by atomic mass is 9.95. The summed E-state index contributed by atoms with van der Waals surface area (Å²) in [5.41, 5.74) is 1.84. The average Bonchev–Trinajstić information content (AvgIpc) is 2.28. The van der Waals surface area contributed by atoms with E-state index < -0.39 is 23.7 Å². The molecule has 2 nitrogen and oxygen atoms in total. The van der Waals surface area contributed by atoms with Gasteiger partial charge in [-0.3, -0.25) is 4.79 Å². The highest BCUT2D eigenvalue weighted by atomic mass is 35.5. The Bertz CT molecular complexity index is 429. The summed E-state index contributed by atoms with van der Waals surface area (Å²) < 4.78 is 30.6. The van der Waals surface area contributed by atoms with Crippen molar-refractivity contribution in [3.8, 4) is 0 Å². The fourth-order valence-corrected chi connectivity index (χ4v) is 2.01. The number of ether oxygens (including phenoxy) is 1. The van der Waals surface area contributed by atoms with E-state index in [0.29, 0.717) is 6.61 Å². The van der Waals surface area contributed by atoms with E-state index in [1.807, 2.05) is 12.1 Å². The van der Waals surface area contributed by atoms with E-state index in [-0.39, 0.29) is 0 Å². The van der Waals surface area contributed by atoms with Crippen LogP contribution in [-0.2, 0) is 16.0 Å². The maximum absolute atomic E-state index is 12.6. The maximum Gasteiger partial charge on any atom is 0.380 e. The summed E-state index contributed by atoms with van der Waals surface area (Å²) in [6.45, 7) is 0.433. The highest BCUT2D eigenvalue weighted by Crippen LogP contribution is 2.33. The van der Waals surface area contributed by atoms with Gasteiger partial charge in [0.1, 0.15) is 0 Å². The molecule has 1 aliphatic heterocycles. The average molecular weight is 261 g/mol. The number of alkyl halides is 3. The van der Waals surface area contributed by atoms with Gasteiger partial charge in [-0.05, 0) is 29.1 Å². The van der Waals surface area contributed by atoms with Gasteiger partial charge in [-0.15, -0.1) is 0 Å². The Morgan fingerprint density at radius 1 is 1.47 bits per heavy atom. The Labute approximate surface area is 103 Å². The van der Waals surface area contributed by atoms with Crippen molar-refractivity contribution < 1.29 is 18.3 Å². The van der Waals surface area contributed by atoms with Crippen molar-refractivity contribution in [3.63, 3.8) is 0 Å². The normalized spacial score (nSPS) is 19.8. The minimum absolute atomic E-state index is 0.395. The fourth-order valence-electron chi connectivity index (χ4n) is 1.93. The Morgan fingerprint density at radius 2 is 2.18 bits per heavy atom. The van der Waals surface area contributed by atoms with Crippen molar-refractivity contribution in [3.05, 3.63) is 35.4 Å². The Morgan fingerprint density at radius 3 is 2.88 bits per heavy atom. The summed E-state index contributed by atoms with van der Waals surface area (Å²) in [6.07, 6.45) is -0.275. The molecule has 0 fully saturated rings. The van der Waals surface area contributed by atoms with Crippen molar-refractivity contribution in [2.24, 2.45) is 0 Å². The van der Waals surface area contributed by atoms with E-state index >= 15 is 0 Å². The molecule has 92 valence electrons. The quantitative estimate of drug-likeness (QED) is 0.781. The van der Waals surface area contributed by atoms with Gasteiger partial charge < -0.3 is 4.74 Å². The van der Waals surface area contributed by atoms with Crippen molar-refractivity contribution >= 4 is 17.4 Å². The van der Waals surface area contributed by atoms with Crippen LogP contribution >= 0.6 is 11.6 Å². The zero-order chi connectivity index (χ0) is 12.5. The fraction of sp³-hybridized carbons (Fsp3) is 0.417. The highest BCUT2D eigenvalue weighted by molar-refractivity contribution is 6.32. The van der Waals surface area contributed by atoms with Crippen LogP contribution in [0.5, 0.6) is 0 Å². The van der Waals surface area contributed by atoms with Gasteiger partial charge in [0, 0.05) is 6.42 Å². The lowest BCUT2D eigenvalue weighted by Crippen LogP contribution is -2.26. The first-order valence-corrected chi connectivity index (χ1v) is 5.65. The van der Waals surface area contributed by atoms with Crippen LogP contribution in [0.25, 0.3) is 0 Å². The van der Waals surface area contributed by atoms with Gasteiger partial charge in [-0.25, -0.2) is 0 Å². The first-order chi connectivity index (χ1) is 7.98. The second kappa shape index (κ2) is 4.70. The molecule has 2 rings (SSSR count). The van der Waals surface area contributed by atoms with Crippen molar-refractivity contribution in [1.82, 2.24) is 0 Å². The van der Waals surface area contributed by atoms with Crippen molar-refractivity contribution in [2.75, 3.05) is 6.61 Å². The van der Waals surface area contributed by atoms with E-state index in [4.69, 9.17) is 16.3 Å². The SMILES string of the molecule is O=C(CC1OCCc2ccccc21)C(F)(F)Cl. The molecule has 1 heterocycles. The smallest absolute Gasteiger partial charge is 0.373 e. The summed E-state index contributed by atoms with van der Waals surface area (Å²) in [6, 6.07) is 7.37. The van der Waals surface area contributed by atoms with Crippen LogP contribution < -0.4 is 0 Å². The number of hydrogen-bond donors (Lipinski definition) is 0. The van der Waals surface area contributed by atoms with Crippen LogP contribution in [0.15, 0.2) is 24.3 Å². The van der Waals surface area contributed by atoms with Gasteiger partial charge in [-0.1, -0.05) is 24.3 Å². The third kappa shape index (κ3) is 2.82. The minimum atomic E-state index is -3.81. The number of fused-ring (bicyclic) bond motifs is 1.